The average molecular weight is 485 g/mol. The fourth-order valence-corrected chi connectivity index (χ4v) is 2.12. The van der Waals surface area contributed by atoms with E-state index in [2.05, 4.69) is 14.5 Å². The normalized spacial score (nSPS) is 12.4. The van der Waals surface area contributed by atoms with E-state index in [0.717, 1.165) is 37.1 Å². The van der Waals surface area contributed by atoms with Crippen LogP contribution in [0.3, 0.4) is 0 Å². The van der Waals surface area contributed by atoms with Crippen molar-refractivity contribution in [1.82, 2.24) is 4.98 Å². The first-order valence-corrected chi connectivity index (χ1v) is 9.39. The summed E-state index contributed by atoms with van der Waals surface area (Å²) in [6.45, 7) is 0.554. The Bertz CT molecular complexity index is 903. The SMILES string of the molecule is CCCCOc1ccc(C(=O)Oc2ccc(OCC(F)(F)OC(F)(F)C(F)(F)F)cc2)cn1. The summed E-state index contributed by atoms with van der Waals surface area (Å²) in [7, 11) is 0. The van der Waals surface area contributed by atoms with Gasteiger partial charge in [0.1, 0.15) is 11.5 Å². The zero-order valence-electron chi connectivity index (χ0n) is 17.0. The number of carbonyl (C=O) groups excluding carboxylic acids is 1. The third kappa shape index (κ3) is 8.08. The highest BCUT2D eigenvalue weighted by molar-refractivity contribution is 5.90. The highest BCUT2D eigenvalue weighted by Gasteiger charge is 2.64. The van der Waals surface area contributed by atoms with Gasteiger partial charge in [-0.2, -0.15) is 30.7 Å². The van der Waals surface area contributed by atoms with E-state index in [0.29, 0.717) is 12.5 Å². The van der Waals surface area contributed by atoms with Crippen LogP contribution in [0.5, 0.6) is 17.4 Å². The van der Waals surface area contributed by atoms with Crippen LogP contribution in [-0.2, 0) is 4.74 Å². The number of halogens is 7. The molecule has 1 heterocycles. The summed E-state index contributed by atoms with van der Waals surface area (Å²) in [5.74, 6) is -0.813. The Kier molecular flexibility index (Phi) is 8.47. The second-order valence-electron chi connectivity index (χ2n) is 6.49. The van der Waals surface area contributed by atoms with E-state index < -0.39 is 31.0 Å². The maximum Gasteiger partial charge on any atom is 0.483 e. The van der Waals surface area contributed by atoms with Gasteiger partial charge in [0, 0.05) is 12.3 Å². The number of unbranched alkanes of at least 4 members (excludes halogenated alkanes) is 1. The van der Waals surface area contributed by atoms with E-state index >= 15 is 0 Å². The molecule has 0 spiro atoms. The van der Waals surface area contributed by atoms with Crippen molar-refractivity contribution in [2.75, 3.05) is 13.2 Å². The molecular weight excluding hydrogens is 467 g/mol. The molecule has 6 nitrogen and oxygen atoms in total. The van der Waals surface area contributed by atoms with Crippen molar-refractivity contribution in [3.05, 3.63) is 48.2 Å². The number of rotatable bonds is 11. The molecule has 0 aliphatic heterocycles. The lowest BCUT2D eigenvalue weighted by Gasteiger charge is -2.25. The Labute approximate surface area is 183 Å². The monoisotopic (exact) mass is 485 g/mol. The van der Waals surface area contributed by atoms with E-state index in [4.69, 9.17) is 9.47 Å². The van der Waals surface area contributed by atoms with Gasteiger partial charge in [-0.05, 0) is 36.8 Å². The average Bonchev–Trinajstić information content (AvgIpc) is 2.72. The lowest BCUT2D eigenvalue weighted by molar-refractivity contribution is -0.458. The van der Waals surface area contributed by atoms with Crippen LogP contribution >= 0.6 is 0 Å². The summed E-state index contributed by atoms with van der Waals surface area (Å²) in [6, 6.07) is 7.23. The quantitative estimate of drug-likeness (QED) is 0.178. The van der Waals surface area contributed by atoms with Crippen molar-refractivity contribution < 1.29 is 54.5 Å². The Morgan fingerprint density at radius 2 is 1.55 bits per heavy atom. The first-order valence-electron chi connectivity index (χ1n) is 9.39. The molecule has 0 fully saturated rings. The molecule has 2 aromatic rings. The molecule has 182 valence electrons. The number of aromatic nitrogens is 1. The largest absolute Gasteiger partial charge is 0.484 e. The first-order chi connectivity index (χ1) is 15.3. The summed E-state index contributed by atoms with van der Waals surface area (Å²) in [4.78, 5) is 16.1. The maximum atomic E-state index is 13.3. The van der Waals surface area contributed by atoms with Crippen LogP contribution in [0, 0.1) is 0 Å². The Morgan fingerprint density at radius 1 is 0.909 bits per heavy atom. The third-order valence-electron chi connectivity index (χ3n) is 3.77. The minimum Gasteiger partial charge on any atom is -0.484 e. The smallest absolute Gasteiger partial charge is 0.483 e. The Balaban J connectivity index is 1.89. The highest BCUT2D eigenvalue weighted by Crippen LogP contribution is 2.40. The summed E-state index contributed by atoms with van der Waals surface area (Å²) in [5, 5.41) is 0. The van der Waals surface area contributed by atoms with Crippen LogP contribution in [0.1, 0.15) is 30.1 Å². The van der Waals surface area contributed by atoms with Gasteiger partial charge >= 0.3 is 24.4 Å². The molecule has 1 aromatic carbocycles. The number of esters is 1. The number of pyridine rings is 1. The number of hydrogen-bond donors (Lipinski definition) is 0. The number of benzene rings is 1. The van der Waals surface area contributed by atoms with Gasteiger partial charge < -0.3 is 14.2 Å². The zero-order chi connectivity index (χ0) is 24.7. The molecule has 0 amide bonds. The number of carbonyl (C=O) groups is 1. The second kappa shape index (κ2) is 10.7. The predicted molar refractivity (Wildman–Crippen MR) is 98.6 cm³/mol. The zero-order valence-corrected chi connectivity index (χ0v) is 17.0. The molecule has 0 saturated carbocycles. The fraction of sp³-hybridized carbons (Fsp3) is 0.400. The van der Waals surface area contributed by atoms with Crippen molar-refractivity contribution in [1.29, 1.82) is 0 Å². The van der Waals surface area contributed by atoms with Crippen molar-refractivity contribution in [3.63, 3.8) is 0 Å². The summed E-state index contributed by atoms with van der Waals surface area (Å²) >= 11 is 0. The molecule has 13 heteroatoms. The highest BCUT2D eigenvalue weighted by atomic mass is 19.4. The second-order valence-corrected chi connectivity index (χ2v) is 6.49. The number of alkyl halides is 7. The summed E-state index contributed by atoms with van der Waals surface area (Å²) in [6.07, 6.45) is -14.3. The Morgan fingerprint density at radius 3 is 2.09 bits per heavy atom. The van der Waals surface area contributed by atoms with E-state index in [1.54, 1.807) is 0 Å². The van der Waals surface area contributed by atoms with Gasteiger partial charge in [-0.3, -0.25) is 0 Å². The molecule has 0 bridgehead atoms. The molecule has 0 aliphatic rings. The molecule has 2 rings (SSSR count). The molecule has 0 aliphatic carbocycles. The van der Waals surface area contributed by atoms with Crippen molar-refractivity contribution >= 4 is 5.97 Å². The van der Waals surface area contributed by atoms with Gasteiger partial charge in [0.05, 0.1) is 12.2 Å². The van der Waals surface area contributed by atoms with Crippen molar-refractivity contribution in [3.8, 4) is 17.4 Å². The third-order valence-corrected chi connectivity index (χ3v) is 3.77. The maximum absolute atomic E-state index is 13.3. The van der Waals surface area contributed by atoms with Gasteiger partial charge in [0.15, 0.2) is 6.61 Å². The number of hydrogen-bond acceptors (Lipinski definition) is 6. The minimum absolute atomic E-state index is 0.0257. The fourth-order valence-electron chi connectivity index (χ4n) is 2.12. The van der Waals surface area contributed by atoms with Gasteiger partial charge in [-0.25, -0.2) is 14.5 Å². The van der Waals surface area contributed by atoms with E-state index in [1.165, 1.54) is 18.3 Å². The van der Waals surface area contributed by atoms with Crippen LogP contribution < -0.4 is 14.2 Å². The van der Waals surface area contributed by atoms with Crippen molar-refractivity contribution in [2.24, 2.45) is 0 Å². The topological polar surface area (TPSA) is 66.9 Å². The molecule has 0 atom stereocenters. The molecule has 1 aromatic heterocycles. The predicted octanol–water partition coefficient (Wildman–Crippen LogP) is 5.62. The lowest BCUT2D eigenvalue weighted by atomic mass is 10.3. The van der Waals surface area contributed by atoms with E-state index in [9.17, 15) is 35.5 Å². The van der Waals surface area contributed by atoms with Crippen LogP contribution in [0.4, 0.5) is 30.7 Å². The number of ether oxygens (including phenoxy) is 4. The minimum atomic E-state index is -6.32. The Hall–Kier alpha value is -3.09. The van der Waals surface area contributed by atoms with Crippen molar-refractivity contribution in [2.45, 2.75) is 38.2 Å². The molecule has 0 N–H and O–H groups in total. The van der Waals surface area contributed by atoms with Crippen LogP contribution in [-0.4, -0.2) is 42.6 Å². The number of nitrogens with zero attached hydrogens (tertiary/aromatic N) is 1. The summed E-state index contributed by atoms with van der Waals surface area (Å²) < 4.78 is 105. The van der Waals surface area contributed by atoms with E-state index in [-0.39, 0.29) is 17.1 Å². The van der Waals surface area contributed by atoms with Crippen LogP contribution in [0.15, 0.2) is 42.6 Å². The van der Waals surface area contributed by atoms with Crippen LogP contribution in [0.25, 0.3) is 0 Å². The van der Waals surface area contributed by atoms with Gasteiger partial charge in [0.25, 0.3) is 0 Å². The summed E-state index contributed by atoms with van der Waals surface area (Å²) in [5.41, 5.74) is 0.0977. The van der Waals surface area contributed by atoms with Crippen LogP contribution in [0.2, 0.25) is 0 Å². The molecular formula is C20H18F7NO5. The molecule has 0 unspecified atom stereocenters. The lowest BCUT2D eigenvalue weighted by Crippen LogP contribution is -2.46. The molecule has 0 saturated heterocycles. The van der Waals surface area contributed by atoms with E-state index in [1.807, 2.05) is 6.92 Å². The van der Waals surface area contributed by atoms with Gasteiger partial charge in [-0.15, -0.1) is 0 Å². The van der Waals surface area contributed by atoms with Gasteiger partial charge in [0.2, 0.25) is 5.88 Å². The molecule has 0 radical (unpaired) electrons. The van der Waals surface area contributed by atoms with Gasteiger partial charge in [-0.1, -0.05) is 13.3 Å². The molecule has 33 heavy (non-hydrogen) atoms. The first kappa shape index (κ1) is 26.2. The standard InChI is InChI=1S/C20H18F7NO5/c1-2-3-10-30-16-9-4-13(11-28-16)17(29)32-15-7-5-14(6-8-15)31-12-18(21,22)33-20(26,27)19(23,24)25/h4-9,11H,2-3,10,12H2,1H3.